The second-order valence-electron chi connectivity index (χ2n) is 4.92. The molecule has 0 radical (unpaired) electrons. The summed E-state index contributed by atoms with van der Waals surface area (Å²) in [5.74, 6) is 0. The Morgan fingerprint density at radius 3 is 2.83 bits per heavy atom. The first-order valence-corrected chi connectivity index (χ1v) is 7.70. The Morgan fingerprint density at radius 2 is 2.17 bits per heavy atom. The molecule has 1 aromatic rings. The van der Waals surface area contributed by atoms with Crippen molar-refractivity contribution in [2.75, 3.05) is 13.2 Å². The molecule has 0 spiro atoms. The van der Waals surface area contributed by atoms with Gasteiger partial charge in [-0.2, -0.15) is 0 Å². The van der Waals surface area contributed by atoms with Gasteiger partial charge in [-0.25, -0.2) is 0 Å². The molecule has 1 atom stereocenters. The molecule has 1 aliphatic rings. The predicted octanol–water partition coefficient (Wildman–Crippen LogP) is 4.06. The number of hydrogen-bond donors (Lipinski definition) is 1. The van der Waals surface area contributed by atoms with E-state index in [4.69, 9.17) is 4.74 Å². The van der Waals surface area contributed by atoms with Gasteiger partial charge in [0.2, 0.25) is 0 Å². The van der Waals surface area contributed by atoms with Crippen molar-refractivity contribution in [1.29, 1.82) is 0 Å². The van der Waals surface area contributed by atoms with Crippen LogP contribution in [-0.2, 0) is 4.74 Å². The van der Waals surface area contributed by atoms with Gasteiger partial charge in [0.15, 0.2) is 0 Å². The Morgan fingerprint density at radius 1 is 1.39 bits per heavy atom. The number of halogens is 1. The molecule has 1 aliphatic carbocycles. The molecule has 2 rings (SSSR count). The van der Waals surface area contributed by atoms with Crippen LogP contribution in [0, 0.1) is 0 Å². The van der Waals surface area contributed by atoms with Crippen LogP contribution >= 0.6 is 15.9 Å². The first-order valence-electron chi connectivity index (χ1n) is 6.90. The molecule has 1 saturated carbocycles. The van der Waals surface area contributed by atoms with Gasteiger partial charge in [0.25, 0.3) is 0 Å². The first kappa shape index (κ1) is 14.0. The van der Waals surface area contributed by atoms with Crippen LogP contribution in [0.15, 0.2) is 28.7 Å². The molecule has 18 heavy (non-hydrogen) atoms. The molecule has 1 fully saturated rings. The van der Waals surface area contributed by atoms with Gasteiger partial charge in [-0.05, 0) is 30.9 Å². The number of ether oxygens (including phenoxy) is 1. The summed E-state index contributed by atoms with van der Waals surface area (Å²) in [6.07, 6.45) is 5.10. The van der Waals surface area contributed by atoms with Crippen LogP contribution in [-0.4, -0.2) is 19.2 Å². The van der Waals surface area contributed by atoms with Gasteiger partial charge in [0.05, 0.1) is 6.10 Å². The van der Waals surface area contributed by atoms with Gasteiger partial charge >= 0.3 is 0 Å². The Hall–Kier alpha value is -0.380. The lowest BCUT2D eigenvalue weighted by Gasteiger charge is -2.20. The van der Waals surface area contributed by atoms with Crippen molar-refractivity contribution >= 4 is 15.9 Å². The van der Waals surface area contributed by atoms with Crippen molar-refractivity contribution in [3.05, 3.63) is 34.3 Å². The highest BCUT2D eigenvalue weighted by Crippen LogP contribution is 2.27. The molecule has 0 amide bonds. The maximum atomic E-state index is 6.04. The zero-order chi connectivity index (χ0) is 12.8. The average Bonchev–Trinajstić information content (AvgIpc) is 3.19. The molecule has 0 aliphatic heterocycles. The lowest BCUT2D eigenvalue weighted by molar-refractivity contribution is 0.0499. The van der Waals surface area contributed by atoms with Crippen LogP contribution in [0.2, 0.25) is 0 Å². The van der Waals surface area contributed by atoms with Gasteiger partial charge in [-0.1, -0.05) is 47.5 Å². The normalized spacial score (nSPS) is 16.8. The Labute approximate surface area is 118 Å². The topological polar surface area (TPSA) is 21.3 Å². The summed E-state index contributed by atoms with van der Waals surface area (Å²) in [7, 11) is 0. The summed E-state index contributed by atoms with van der Waals surface area (Å²) < 4.78 is 7.18. The number of nitrogens with one attached hydrogen (secondary N) is 1. The predicted molar refractivity (Wildman–Crippen MR) is 78.8 cm³/mol. The Kier molecular flexibility index (Phi) is 5.67. The van der Waals surface area contributed by atoms with Crippen molar-refractivity contribution in [2.24, 2.45) is 0 Å². The molecule has 0 heterocycles. The highest BCUT2D eigenvalue weighted by Gasteiger charge is 2.23. The smallest absolute Gasteiger partial charge is 0.0960 e. The quantitative estimate of drug-likeness (QED) is 0.731. The van der Waals surface area contributed by atoms with Crippen molar-refractivity contribution in [3.63, 3.8) is 0 Å². The van der Waals surface area contributed by atoms with Crippen molar-refractivity contribution in [2.45, 2.75) is 44.8 Å². The number of hydrogen-bond acceptors (Lipinski definition) is 2. The summed E-state index contributed by atoms with van der Waals surface area (Å²) >= 11 is 3.62. The standard InChI is InChI=1S/C15H22BrNO/c1-2-3-10-18-15(11-17-12-8-9-12)13-6-4-5-7-14(13)16/h4-7,12,15,17H,2-3,8-11H2,1H3. The second kappa shape index (κ2) is 7.27. The highest BCUT2D eigenvalue weighted by molar-refractivity contribution is 9.10. The van der Waals surface area contributed by atoms with E-state index in [1.165, 1.54) is 24.8 Å². The van der Waals surface area contributed by atoms with E-state index in [0.717, 1.165) is 30.1 Å². The number of unbranched alkanes of at least 4 members (excludes halogenated alkanes) is 1. The zero-order valence-corrected chi connectivity index (χ0v) is 12.6. The monoisotopic (exact) mass is 311 g/mol. The van der Waals surface area contributed by atoms with Crippen LogP contribution in [0.25, 0.3) is 0 Å². The fraction of sp³-hybridized carbons (Fsp3) is 0.600. The van der Waals surface area contributed by atoms with E-state index in [1.807, 2.05) is 6.07 Å². The van der Waals surface area contributed by atoms with E-state index in [1.54, 1.807) is 0 Å². The maximum Gasteiger partial charge on any atom is 0.0960 e. The Balaban J connectivity index is 1.95. The molecule has 0 saturated heterocycles. The fourth-order valence-electron chi connectivity index (χ4n) is 1.93. The SMILES string of the molecule is CCCCOC(CNC1CC1)c1ccccc1Br. The molecule has 1 N–H and O–H groups in total. The minimum atomic E-state index is 0.160. The largest absolute Gasteiger partial charge is 0.372 e. The van der Waals surface area contributed by atoms with Gasteiger partial charge in [-0.3, -0.25) is 0 Å². The summed E-state index contributed by atoms with van der Waals surface area (Å²) in [5, 5.41) is 3.56. The third kappa shape index (κ3) is 4.38. The first-order chi connectivity index (χ1) is 8.81. The molecular formula is C15H22BrNO. The van der Waals surface area contributed by atoms with Gasteiger partial charge < -0.3 is 10.1 Å². The lowest BCUT2D eigenvalue weighted by atomic mass is 10.1. The van der Waals surface area contributed by atoms with Crippen molar-refractivity contribution in [3.8, 4) is 0 Å². The second-order valence-corrected chi connectivity index (χ2v) is 5.77. The van der Waals surface area contributed by atoms with E-state index in [9.17, 15) is 0 Å². The van der Waals surface area contributed by atoms with Gasteiger partial charge in [-0.15, -0.1) is 0 Å². The minimum absolute atomic E-state index is 0.160. The lowest BCUT2D eigenvalue weighted by Crippen LogP contribution is -2.25. The van der Waals surface area contributed by atoms with Crippen LogP contribution in [0.4, 0.5) is 0 Å². The van der Waals surface area contributed by atoms with Crippen LogP contribution in [0.1, 0.15) is 44.3 Å². The van der Waals surface area contributed by atoms with E-state index in [0.29, 0.717) is 0 Å². The molecular weight excluding hydrogens is 290 g/mol. The molecule has 100 valence electrons. The summed E-state index contributed by atoms with van der Waals surface area (Å²) in [4.78, 5) is 0. The van der Waals surface area contributed by atoms with Crippen LogP contribution in [0.5, 0.6) is 0 Å². The summed E-state index contributed by atoms with van der Waals surface area (Å²) in [6.45, 7) is 3.95. The van der Waals surface area contributed by atoms with E-state index in [2.05, 4.69) is 46.4 Å². The molecule has 2 nitrogen and oxygen atoms in total. The average molecular weight is 312 g/mol. The fourth-order valence-corrected chi connectivity index (χ4v) is 2.47. The molecule has 0 bridgehead atoms. The molecule has 0 aromatic heterocycles. The summed E-state index contributed by atoms with van der Waals surface area (Å²) in [6, 6.07) is 9.08. The van der Waals surface area contributed by atoms with Gasteiger partial charge in [0.1, 0.15) is 0 Å². The molecule has 3 heteroatoms. The van der Waals surface area contributed by atoms with Crippen LogP contribution < -0.4 is 5.32 Å². The number of rotatable bonds is 8. The maximum absolute atomic E-state index is 6.04. The molecule has 1 unspecified atom stereocenters. The highest BCUT2D eigenvalue weighted by atomic mass is 79.9. The third-order valence-corrected chi connectivity index (χ3v) is 3.96. The molecule has 1 aromatic carbocycles. The Bertz CT molecular complexity index is 365. The minimum Gasteiger partial charge on any atom is -0.372 e. The van der Waals surface area contributed by atoms with E-state index < -0.39 is 0 Å². The van der Waals surface area contributed by atoms with E-state index in [-0.39, 0.29) is 6.10 Å². The summed E-state index contributed by atoms with van der Waals surface area (Å²) in [5.41, 5.74) is 1.25. The van der Waals surface area contributed by atoms with Crippen molar-refractivity contribution in [1.82, 2.24) is 5.32 Å². The van der Waals surface area contributed by atoms with Crippen LogP contribution in [0.3, 0.4) is 0 Å². The van der Waals surface area contributed by atoms with Crippen molar-refractivity contribution < 1.29 is 4.74 Å². The third-order valence-electron chi connectivity index (χ3n) is 3.24. The number of benzene rings is 1. The van der Waals surface area contributed by atoms with Gasteiger partial charge in [0, 0.05) is 23.7 Å². The van der Waals surface area contributed by atoms with E-state index >= 15 is 0 Å². The zero-order valence-electron chi connectivity index (χ0n) is 11.0.